The Balaban J connectivity index is 1.88. The molecule has 1 heterocycles. The maximum absolute atomic E-state index is 13.4. The van der Waals surface area contributed by atoms with E-state index >= 15 is 0 Å². The molecule has 0 saturated carbocycles. The lowest BCUT2D eigenvalue weighted by Gasteiger charge is -2.25. The number of carbonyl (C=O) groups excluding carboxylic acids is 4. The molecule has 8 nitrogen and oxygen atoms in total. The average molecular weight is 453 g/mol. The normalized spacial score (nSPS) is 13.5. The first kappa shape index (κ1) is 24.0. The molecule has 0 bridgehead atoms. The number of fused-ring (bicyclic) bond motifs is 1. The molecule has 0 N–H and O–H groups in total. The highest BCUT2D eigenvalue weighted by molar-refractivity contribution is 6.21. The molecule has 2 aromatic carbocycles. The Morgan fingerprint density at radius 2 is 1.67 bits per heavy atom. The fourth-order valence-electron chi connectivity index (χ4n) is 3.82. The number of amides is 3. The van der Waals surface area contributed by atoms with Gasteiger partial charge in [-0.3, -0.25) is 24.1 Å². The third-order valence-electron chi connectivity index (χ3n) is 5.56. The third kappa shape index (κ3) is 4.89. The van der Waals surface area contributed by atoms with Crippen LogP contribution in [0.15, 0.2) is 42.5 Å². The van der Waals surface area contributed by atoms with E-state index in [0.717, 1.165) is 0 Å². The predicted molar refractivity (Wildman–Crippen MR) is 121 cm³/mol. The molecule has 0 saturated heterocycles. The highest BCUT2D eigenvalue weighted by atomic mass is 16.5. The number of benzene rings is 2. The van der Waals surface area contributed by atoms with Crippen LogP contribution in [0.2, 0.25) is 0 Å². The van der Waals surface area contributed by atoms with Crippen LogP contribution in [0.1, 0.15) is 57.4 Å². The van der Waals surface area contributed by atoms with Crippen molar-refractivity contribution in [2.75, 3.05) is 26.8 Å². The van der Waals surface area contributed by atoms with Crippen molar-refractivity contribution in [2.24, 2.45) is 5.92 Å². The molecule has 0 aromatic heterocycles. The quantitative estimate of drug-likeness (QED) is 0.429. The Hall–Kier alpha value is -3.68. The number of rotatable bonds is 9. The first-order valence-corrected chi connectivity index (χ1v) is 10.9. The summed E-state index contributed by atoms with van der Waals surface area (Å²) in [5.74, 6) is -1.51. The van der Waals surface area contributed by atoms with Gasteiger partial charge < -0.3 is 14.4 Å². The summed E-state index contributed by atoms with van der Waals surface area (Å²) >= 11 is 0. The summed E-state index contributed by atoms with van der Waals surface area (Å²) in [7, 11) is 1.31. The van der Waals surface area contributed by atoms with Gasteiger partial charge >= 0.3 is 5.97 Å². The summed E-state index contributed by atoms with van der Waals surface area (Å²) in [4.78, 5) is 53.4. The first-order chi connectivity index (χ1) is 15.8. The van der Waals surface area contributed by atoms with Crippen LogP contribution in [0, 0.1) is 5.92 Å². The standard InChI is InChI=1S/C25H28N2O6/c1-5-26(14-16(3)25(31)32-4)22(28)20-13-17(11-12-21(20)33-6-2)15-27-23(29)18-9-7-8-10-19(18)24(27)30/h7-13,16H,5-6,14-15H2,1-4H3. The molecular formula is C25H28N2O6. The SMILES string of the molecule is CCOc1ccc(CN2C(=O)c3ccccc3C2=O)cc1C(=O)N(CC)CC(C)C(=O)OC. The van der Waals surface area contributed by atoms with Crippen molar-refractivity contribution in [3.05, 3.63) is 64.7 Å². The van der Waals surface area contributed by atoms with Crippen molar-refractivity contribution < 1.29 is 28.7 Å². The van der Waals surface area contributed by atoms with Gasteiger partial charge in [-0.05, 0) is 43.7 Å². The van der Waals surface area contributed by atoms with Gasteiger partial charge in [0.05, 0.1) is 42.9 Å². The van der Waals surface area contributed by atoms with Crippen molar-refractivity contribution in [1.29, 1.82) is 0 Å². The Kier molecular flexibility index (Phi) is 7.48. The average Bonchev–Trinajstić information content (AvgIpc) is 3.07. The number of carbonyl (C=O) groups is 4. The van der Waals surface area contributed by atoms with Crippen molar-refractivity contribution >= 4 is 23.7 Å². The Morgan fingerprint density at radius 3 is 2.21 bits per heavy atom. The molecule has 3 amide bonds. The molecule has 0 spiro atoms. The van der Waals surface area contributed by atoms with Crippen LogP contribution in [0.25, 0.3) is 0 Å². The lowest BCUT2D eigenvalue weighted by Crippen LogP contribution is -2.37. The van der Waals surface area contributed by atoms with Gasteiger partial charge in [0.2, 0.25) is 0 Å². The minimum atomic E-state index is -0.490. The number of nitrogens with zero attached hydrogens (tertiary/aromatic N) is 2. The lowest BCUT2D eigenvalue weighted by molar-refractivity contribution is -0.145. The van der Waals surface area contributed by atoms with Gasteiger partial charge in [-0.15, -0.1) is 0 Å². The van der Waals surface area contributed by atoms with Gasteiger partial charge in [0, 0.05) is 13.1 Å². The lowest BCUT2D eigenvalue weighted by atomic mass is 10.1. The molecule has 3 rings (SSSR count). The van der Waals surface area contributed by atoms with Crippen LogP contribution in [-0.2, 0) is 16.1 Å². The van der Waals surface area contributed by atoms with Crippen molar-refractivity contribution in [1.82, 2.24) is 9.80 Å². The van der Waals surface area contributed by atoms with E-state index in [-0.39, 0.29) is 30.8 Å². The molecule has 0 fully saturated rings. The molecule has 1 aliphatic rings. The minimum absolute atomic E-state index is 0.0315. The van der Waals surface area contributed by atoms with Crippen molar-refractivity contribution in [3.8, 4) is 5.75 Å². The Bertz CT molecular complexity index is 1050. The van der Waals surface area contributed by atoms with Crippen LogP contribution in [-0.4, -0.2) is 60.3 Å². The number of ether oxygens (including phenoxy) is 2. The fourth-order valence-corrected chi connectivity index (χ4v) is 3.82. The minimum Gasteiger partial charge on any atom is -0.493 e. The van der Waals surface area contributed by atoms with E-state index < -0.39 is 11.9 Å². The summed E-state index contributed by atoms with van der Waals surface area (Å²) in [6.45, 7) is 6.31. The maximum atomic E-state index is 13.4. The zero-order valence-electron chi connectivity index (χ0n) is 19.3. The summed E-state index contributed by atoms with van der Waals surface area (Å²) < 4.78 is 10.4. The molecule has 0 radical (unpaired) electrons. The summed E-state index contributed by atoms with van der Waals surface area (Å²) in [6.07, 6.45) is 0. The molecule has 1 atom stereocenters. The van der Waals surface area contributed by atoms with E-state index in [0.29, 0.717) is 41.2 Å². The summed E-state index contributed by atoms with van der Waals surface area (Å²) in [5, 5.41) is 0. The third-order valence-corrected chi connectivity index (χ3v) is 5.56. The number of imide groups is 1. The summed E-state index contributed by atoms with van der Waals surface area (Å²) in [6, 6.07) is 11.7. The highest BCUT2D eigenvalue weighted by Crippen LogP contribution is 2.27. The van der Waals surface area contributed by atoms with Crippen molar-refractivity contribution in [3.63, 3.8) is 0 Å². The number of hydrogen-bond donors (Lipinski definition) is 0. The molecule has 33 heavy (non-hydrogen) atoms. The van der Waals surface area contributed by atoms with Crippen LogP contribution in [0.3, 0.4) is 0 Å². The molecule has 8 heteroatoms. The number of esters is 1. The Morgan fingerprint density at radius 1 is 1.03 bits per heavy atom. The van der Waals surface area contributed by atoms with Gasteiger partial charge in [0.25, 0.3) is 17.7 Å². The van der Waals surface area contributed by atoms with Gasteiger partial charge in [-0.1, -0.05) is 25.1 Å². The first-order valence-electron chi connectivity index (χ1n) is 10.9. The molecule has 0 aliphatic carbocycles. The van der Waals surface area contributed by atoms with Gasteiger partial charge in [0.15, 0.2) is 0 Å². The topological polar surface area (TPSA) is 93.2 Å². The molecule has 2 aromatic rings. The number of hydrogen-bond acceptors (Lipinski definition) is 6. The van der Waals surface area contributed by atoms with E-state index in [1.54, 1.807) is 54.3 Å². The molecule has 1 unspecified atom stereocenters. The van der Waals surface area contributed by atoms with E-state index in [2.05, 4.69) is 0 Å². The molecule has 174 valence electrons. The van der Waals surface area contributed by atoms with Crippen LogP contribution in [0.4, 0.5) is 0 Å². The highest BCUT2D eigenvalue weighted by Gasteiger charge is 2.35. The smallest absolute Gasteiger partial charge is 0.310 e. The van der Waals surface area contributed by atoms with Gasteiger partial charge in [-0.2, -0.15) is 0 Å². The fraction of sp³-hybridized carbons (Fsp3) is 0.360. The maximum Gasteiger partial charge on any atom is 0.310 e. The molecule has 1 aliphatic heterocycles. The second-order valence-corrected chi connectivity index (χ2v) is 7.77. The largest absolute Gasteiger partial charge is 0.493 e. The van der Waals surface area contributed by atoms with Crippen LogP contribution in [0.5, 0.6) is 5.75 Å². The van der Waals surface area contributed by atoms with E-state index in [1.807, 2.05) is 13.8 Å². The second-order valence-electron chi connectivity index (χ2n) is 7.77. The second kappa shape index (κ2) is 10.3. The van der Waals surface area contributed by atoms with E-state index in [9.17, 15) is 19.2 Å². The zero-order chi connectivity index (χ0) is 24.1. The Labute approximate surface area is 193 Å². The van der Waals surface area contributed by atoms with Crippen LogP contribution >= 0.6 is 0 Å². The zero-order valence-corrected chi connectivity index (χ0v) is 19.3. The molecular weight excluding hydrogens is 424 g/mol. The van der Waals surface area contributed by atoms with Gasteiger partial charge in [0.1, 0.15) is 5.75 Å². The van der Waals surface area contributed by atoms with Crippen LogP contribution < -0.4 is 4.74 Å². The number of methoxy groups -OCH3 is 1. The summed E-state index contributed by atoms with van der Waals surface area (Å²) in [5.41, 5.74) is 1.68. The van der Waals surface area contributed by atoms with Gasteiger partial charge in [-0.25, -0.2) is 0 Å². The van der Waals surface area contributed by atoms with E-state index in [1.165, 1.54) is 12.0 Å². The van der Waals surface area contributed by atoms with E-state index in [4.69, 9.17) is 9.47 Å². The van der Waals surface area contributed by atoms with Crippen molar-refractivity contribution in [2.45, 2.75) is 27.3 Å². The predicted octanol–water partition coefficient (Wildman–Crippen LogP) is 3.15. The monoisotopic (exact) mass is 452 g/mol.